The van der Waals surface area contributed by atoms with Crippen LogP contribution in [0.4, 0.5) is 0 Å². The first-order chi connectivity index (χ1) is 24.7. The molecule has 232 valence electrons. The van der Waals surface area contributed by atoms with Crippen LogP contribution in [0.2, 0.25) is 0 Å². The van der Waals surface area contributed by atoms with Gasteiger partial charge >= 0.3 is 0 Å². The van der Waals surface area contributed by atoms with E-state index < -0.39 is 0 Å². The number of aromatic nitrogens is 5. The molecule has 10 rings (SSSR count). The number of hydrogen-bond acceptors (Lipinski definition) is 5. The monoisotopic (exact) mass is 637 g/mol. The van der Waals surface area contributed by atoms with E-state index in [0.29, 0.717) is 0 Å². The van der Waals surface area contributed by atoms with E-state index >= 15 is 0 Å². The van der Waals surface area contributed by atoms with E-state index in [4.69, 9.17) is 15.0 Å². The van der Waals surface area contributed by atoms with Crippen molar-refractivity contribution in [3.63, 3.8) is 0 Å². The molecule has 10 aromatic rings. The zero-order chi connectivity index (χ0) is 33.0. The van der Waals surface area contributed by atoms with Crippen LogP contribution >= 0.6 is 0 Å². The predicted octanol–water partition coefficient (Wildman–Crippen LogP) is 11.1. The molecule has 0 amide bonds. The Kier molecular flexibility index (Phi) is 6.42. The lowest BCUT2D eigenvalue weighted by Crippen LogP contribution is -1.93. The molecule has 0 atom stereocenters. The summed E-state index contributed by atoms with van der Waals surface area (Å²) in [5.41, 5.74) is 11.9. The number of benzene rings is 5. The Morgan fingerprint density at radius 1 is 0.340 bits per heavy atom. The number of hydrogen-bond donors (Lipinski definition) is 0. The average molecular weight is 638 g/mol. The van der Waals surface area contributed by atoms with Crippen molar-refractivity contribution in [3.05, 3.63) is 164 Å². The average Bonchev–Trinajstić information content (AvgIpc) is 3.20. The summed E-state index contributed by atoms with van der Waals surface area (Å²) in [7, 11) is 0. The largest absolute Gasteiger partial charge is 0.256 e. The zero-order valence-corrected chi connectivity index (χ0v) is 26.8. The maximum absolute atomic E-state index is 5.23. The van der Waals surface area contributed by atoms with Gasteiger partial charge in [-0.15, -0.1) is 0 Å². The molecule has 5 aromatic heterocycles. The maximum atomic E-state index is 5.23. The van der Waals surface area contributed by atoms with Gasteiger partial charge in [0.2, 0.25) is 0 Å². The van der Waals surface area contributed by atoms with Crippen LogP contribution in [-0.4, -0.2) is 24.9 Å². The molecule has 0 N–H and O–H groups in total. The zero-order valence-electron chi connectivity index (χ0n) is 26.8. The standard InChI is InChI=1S/C45H27N5/c1-2-8-38-28(5-1)17-18-39-37(19-22-48-45(38)39)29-9-11-31(12-10-29)41-25-35(26-42(50-41)33-15-13-30-6-3-20-46-40(30)24-33)36-23-34-16-14-32-7-4-21-47-43(32)44(34)49-27-36/h1-27H. The number of fused-ring (bicyclic) bond motifs is 7. The topological polar surface area (TPSA) is 64.5 Å². The summed E-state index contributed by atoms with van der Waals surface area (Å²) in [6.07, 6.45) is 7.51. The van der Waals surface area contributed by atoms with Gasteiger partial charge in [-0.25, -0.2) is 4.98 Å². The number of pyridine rings is 5. The molecule has 0 aliphatic rings. The Hall–Kier alpha value is -6.85. The molecular weight excluding hydrogens is 611 g/mol. The molecule has 0 fully saturated rings. The summed E-state index contributed by atoms with van der Waals surface area (Å²) in [4.78, 5) is 24.2. The third-order valence-electron chi connectivity index (χ3n) is 9.61. The molecule has 0 spiro atoms. The van der Waals surface area contributed by atoms with Crippen LogP contribution in [0.5, 0.6) is 0 Å². The Morgan fingerprint density at radius 3 is 1.94 bits per heavy atom. The maximum Gasteiger partial charge on any atom is 0.0964 e. The molecule has 0 radical (unpaired) electrons. The smallest absolute Gasteiger partial charge is 0.0964 e. The highest BCUT2D eigenvalue weighted by Gasteiger charge is 2.13. The molecule has 0 saturated carbocycles. The van der Waals surface area contributed by atoms with Gasteiger partial charge in [0.25, 0.3) is 0 Å². The third kappa shape index (κ3) is 4.75. The lowest BCUT2D eigenvalue weighted by molar-refractivity contribution is 1.31. The highest BCUT2D eigenvalue weighted by atomic mass is 14.7. The van der Waals surface area contributed by atoms with Gasteiger partial charge in [-0.05, 0) is 64.5 Å². The first-order valence-electron chi connectivity index (χ1n) is 16.6. The van der Waals surface area contributed by atoms with E-state index in [-0.39, 0.29) is 0 Å². The van der Waals surface area contributed by atoms with E-state index in [1.807, 2.05) is 36.9 Å². The molecule has 0 unspecified atom stereocenters. The molecular formula is C45H27N5. The summed E-state index contributed by atoms with van der Waals surface area (Å²) in [5, 5.41) is 6.71. The van der Waals surface area contributed by atoms with Gasteiger partial charge in [0.15, 0.2) is 0 Å². The van der Waals surface area contributed by atoms with E-state index in [9.17, 15) is 0 Å². The molecule has 5 nitrogen and oxygen atoms in total. The Balaban J connectivity index is 1.11. The van der Waals surface area contributed by atoms with E-state index in [1.54, 1.807) is 0 Å². The highest BCUT2D eigenvalue weighted by Crippen LogP contribution is 2.36. The SMILES string of the molecule is c1cnc2cc(-c3cc(-c4cnc5c(ccc6cccnc65)c4)cc(-c4ccc(-c5ccnc6c5ccc5ccccc56)cc4)n3)ccc2c1. The van der Waals surface area contributed by atoms with Gasteiger partial charge in [-0.1, -0.05) is 97.1 Å². The minimum absolute atomic E-state index is 0.876. The van der Waals surface area contributed by atoms with Crippen molar-refractivity contribution in [1.29, 1.82) is 0 Å². The molecule has 0 aliphatic carbocycles. The Morgan fingerprint density at radius 2 is 1.02 bits per heavy atom. The van der Waals surface area contributed by atoms with Crippen LogP contribution in [0.15, 0.2) is 164 Å². The first-order valence-corrected chi connectivity index (χ1v) is 16.6. The van der Waals surface area contributed by atoms with Crippen molar-refractivity contribution in [3.8, 4) is 44.8 Å². The Labute approximate surface area is 287 Å². The molecule has 50 heavy (non-hydrogen) atoms. The van der Waals surface area contributed by atoms with Gasteiger partial charge in [0.05, 0.1) is 33.5 Å². The molecule has 5 aromatic carbocycles. The molecule has 0 saturated heterocycles. The minimum atomic E-state index is 0.876. The second kappa shape index (κ2) is 11.4. The fraction of sp³-hybridized carbons (Fsp3) is 0. The molecule has 0 aliphatic heterocycles. The molecule has 0 bridgehead atoms. The van der Waals surface area contributed by atoms with Gasteiger partial charge < -0.3 is 0 Å². The summed E-state index contributed by atoms with van der Waals surface area (Å²) >= 11 is 0. The highest BCUT2D eigenvalue weighted by molar-refractivity contribution is 6.10. The fourth-order valence-electron chi connectivity index (χ4n) is 7.07. The summed E-state index contributed by atoms with van der Waals surface area (Å²) < 4.78 is 0. The van der Waals surface area contributed by atoms with Gasteiger partial charge in [-0.2, -0.15) is 0 Å². The normalized spacial score (nSPS) is 11.6. The number of rotatable bonds is 4. The fourth-order valence-corrected chi connectivity index (χ4v) is 7.07. The van der Waals surface area contributed by atoms with Crippen LogP contribution < -0.4 is 0 Å². The number of nitrogens with zero attached hydrogens (tertiary/aromatic N) is 5. The van der Waals surface area contributed by atoms with Crippen LogP contribution in [0.25, 0.3) is 99.2 Å². The van der Waals surface area contributed by atoms with Crippen LogP contribution in [0, 0.1) is 0 Å². The van der Waals surface area contributed by atoms with Crippen molar-refractivity contribution in [1.82, 2.24) is 24.9 Å². The van der Waals surface area contributed by atoms with Crippen molar-refractivity contribution < 1.29 is 0 Å². The van der Waals surface area contributed by atoms with Crippen molar-refractivity contribution in [2.24, 2.45) is 0 Å². The summed E-state index contributed by atoms with van der Waals surface area (Å²) in [6, 6.07) is 48.7. The second-order valence-corrected chi connectivity index (χ2v) is 12.6. The van der Waals surface area contributed by atoms with Gasteiger partial charge in [0.1, 0.15) is 0 Å². The lowest BCUT2D eigenvalue weighted by Gasteiger charge is -2.13. The Bertz CT molecular complexity index is 2930. The molecule has 5 heterocycles. The van der Waals surface area contributed by atoms with Crippen molar-refractivity contribution >= 4 is 54.4 Å². The summed E-state index contributed by atoms with van der Waals surface area (Å²) in [6.45, 7) is 0. The van der Waals surface area contributed by atoms with Crippen LogP contribution in [-0.2, 0) is 0 Å². The van der Waals surface area contributed by atoms with E-state index in [2.05, 4.69) is 137 Å². The van der Waals surface area contributed by atoms with E-state index in [0.717, 1.165) is 93.8 Å². The third-order valence-corrected chi connectivity index (χ3v) is 9.61. The lowest BCUT2D eigenvalue weighted by atomic mass is 9.96. The van der Waals surface area contributed by atoms with Gasteiger partial charge in [-0.3, -0.25) is 19.9 Å². The minimum Gasteiger partial charge on any atom is -0.256 e. The predicted molar refractivity (Wildman–Crippen MR) is 205 cm³/mol. The van der Waals surface area contributed by atoms with Crippen LogP contribution in [0.1, 0.15) is 0 Å². The summed E-state index contributed by atoms with van der Waals surface area (Å²) in [5.74, 6) is 0. The second-order valence-electron chi connectivity index (χ2n) is 12.6. The quantitative estimate of drug-likeness (QED) is 0.180. The molecule has 5 heteroatoms. The van der Waals surface area contributed by atoms with Crippen molar-refractivity contribution in [2.75, 3.05) is 0 Å². The van der Waals surface area contributed by atoms with Crippen molar-refractivity contribution in [2.45, 2.75) is 0 Å². The first kappa shape index (κ1) is 28.2. The van der Waals surface area contributed by atoms with E-state index in [1.165, 1.54) is 5.39 Å². The van der Waals surface area contributed by atoms with Crippen LogP contribution in [0.3, 0.4) is 0 Å². The van der Waals surface area contributed by atoms with Gasteiger partial charge in [0, 0.05) is 68.4 Å².